The summed E-state index contributed by atoms with van der Waals surface area (Å²) in [5, 5.41) is 8.64. The van der Waals surface area contributed by atoms with Gasteiger partial charge in [0.15, 0.2) is 5.11 Å². The molecule has 2 rings (SSSR count). The third-order valence-electron chi connectivity index (χ3n) is 3.55. The molecule has 0 saturated heterocycles. The van der Waals surface area contributed by atoms with E-state index >= 15 is 0 Å². The maximum Gasteiger partial charge on any atom is 0.228 e. The van der Waals surface area contributed by atoms with Crippen molar-refractivity contribution >= 4 is 79.7 Å². The maximum absolute atomic E-state index is 12.4. The van der Waals surface area contributed by atoms with Crippen molar-refractivity contribution in [3.8, 4) is 5.75 Å². The molecule has 0 heterocycles. The zero-order valence-electron chi connectivity index (χ0n) is 14.6. The second-order valence-corrected chi connectivity index (χ2v) is 9.28. The van der Waals surface area contributed by atoms with E-state index in [4.69, 9.17) is 51.8 Å². The fourth-order valence-electron chi connectivity index (χ4n) is 2.19. The molecule has 2 aromatic rings. The van der Waals surface area contributed by atoms with Gasteiger partial charge in [0, 0.05) is 4.47 Å². The summed E-state index contributed by atoms with van der Waals surface area (Å²) < 4.78 is 4.09. The van der Waals surface area contributed by atoms with Gasteiger partial charge < -0.3 is 20.7 Å². The molecule has 2 aromatic carbocycles. The predicted molar refractivity (Wildman–Crippen MR) is 122 cm³/mol. The molecule has 0 aliphatic carbocycles. The van der Waals surface area contributed by atoms with E-state index in [1.54, 1.807) is 31.4 Å². The number of halogens is 4. The van der Waals surface area contributed by atoms with Crippen molar-refractivity contribution in [3.63, 3.8) is 0 Å². The van der Waals surface area contributed by atoms with Gasteiger partial charge in [-0.05, 0) is 58.0 Å². The van der Waals surface area contributed by atoms with Gasteiger partial charge in [-0.1, -0.05) is 59.1 Å². The molecule has 3 N–H and O–H groups in total. The van der Waals surface area contributed by atoms with E-state index in [0.717, 1.165) is 15.7 Å². The summed E-state index contributed by atoms with van der Waals surface area (Å²) >= 11 is 26.7. The molecule has 0 spiro atoms. The van der Waals surface area contributed by atoms with Crippen LogP contribution in [0.4, 0.5) is 5.69 Å². The summed E-state index contributed by atoms with van der Waals surface area (Å²) in [7, 11) is 1.57. The molecular weight excluding hydrogens is 509 g/mol. The summed E-state index contributed by atoms with van der Waals surface area (Å²) in [6, 6.07) is 14.5. The molecule has 0 aromatic heterocycles. The van der Waals surface area contributed by atoms with Gasteiger partial charge in [-0.15, -0.1) is 0 Å². The van der Waals surface area contributed by atoms with E-state index in [0.29, 0.717) is 5.75 Å². The number of alkyl halides is 3. The zero-order valence-corrected chi connectivity index (χ0v) is 19.3. The van der Waals surface area contributed by atoms with E-state index in [-0.39, 0.29) is 17.4 Å². The van der Waals surface area contributed by atoms with Gasteiger partial charge in [-0.2, -0.15) is 0 Å². The summed E-state index contributed by atoms with van der Waals surface area (Å²) in [5.41, 5.74) is 1.52. The molecule has 1 unspecified atom stereocenters. The van der Waals surface area contributed by atoms with E-state index in [9.17, 15) is 4.79 Å². The Morgan fingerprint density at radius 2 is 1.79 bits per heavy atom. The number of carbonyl (C=O) groups excluding carboxylic acids is 1. The molecule has 1 amide bonds. The highest BCUT2D eigenvalue weighted by molar-refractivity contribution is 9.10. The highest BCUT2D eigenvalue weighted by atomic mass is 79.9. The van der Waals surface area contributed by atoms with Gasteiger partial charge in [-0.3, -0.25) is 4.79 Å². The Bertz CT molecular complexity index is 832. The lowest BCUT2D eigenvalue weighted by atomic mass is 10.1. The number of amides is 1. The minimum absolute atomic E-state index is 0.105. The first-order valence-corrected chi connectivity index (χ1v) is 10.3. The molecule has 0 bridgehead atoms. The van der Waals surface area contributed by atoms with Gasteiger partial charge in [0.05, 0.1) is 19.2 Å². The molecular formula is C18H17BrCl3N3O2S. The van der Waals surface area contributed by atoms with Crippen LogP contribution in [0.1, 0.15) is 5.56 Å². The number of methoxy groups -OCH3 is 1. The molecule has 0 radical (unpaired) electrons. The van der Waals surface area contributed by atoms with Gasteiger partial charge in [-0.25, -0.2) is 0 Å². The van der Waals surface area contributed by atoms with Crippen molar-refractivity contribution in [2.75, 3.05) is 12.4 Å². The first kappa shape index (κ1) is 23.0. The second-order valence-electron chi connectivity index (χ2n) is 5.65. The Morgan fingerprint density at radius 1 is 1.14 bits per heavy atom. The van der Waals surface area contributed by atoms with Crippen molar-refractivity contribution in [2.24, 2.45) is 0 Å². The van der Waals surface area contributed by atoms with Crippen LogP contribution in [0.3, 0.4) is 0 Å². The highest BCUT2D eigenvalue weighted by Gasteiger charge is 2.34. The Morgan fingerprint density at radius 3 is 2.36 bits per heavy atom. The van der Waals surface area contributed by atoms with Crippen LogP contribution in [-0.4, -0.2) is 28.1 Å². The number of nitrogens with one attached hydrogen (secondary N) is 3. The average Bonchev–Trinajstić information content (AvgIpc) is 2.63. The summed E-state index contributed by atoms with van der Waals surface area (Å²) in [5.74, 6) is 0.367. The van der Waals surface area contributed by atoms with Crippen molar-refractivity contribution < 1.29 is 9.53 Å². The number of thiocarbonyl (C=S) groups is 1. The van der Waals surface area contributed by atoms with Crippen LogP contribution in [0, 0.1) is 0 Å². The summed E-state index contributed by atoms with van der Waals surface area (Å²) in [6.07, 6.45) is -0.932. The smallest absolute Gasteiger partial charge is 0.228 e. The first-order chi connectivity index (χ1) is 13.2. The Balaban J connectivity index is 1.99. The van der Waals surface area contributed by atoms with E-state index < -0.39 is 9.96 Å². The zero-order chi connectivity index (χ0) is 20.7. The summed E-state index contributed by atoms with van der Waals surface area (Å²) in [4.78, 5) is 12.4. The lowest BCUT2D eigenvalue weighted by Gasteiger charge is -2.28. The predicted octanol–water partition coefficient (Wildman–Crippen LogP) is 4.80. The summed E-state index contributed by atoms with van der Waals surface area (Å²) in [6.45, 7) is 0. The monoisotopic (exact) mass is 523 g/mol. The van der Waals surface area contributed by atoms with Crippen molar-refractivity contribution in [2.45, 2.75) is 16.4 Å². The molecule has 0 saturated carbocycles. The minimum Gasteiger partial charge on any atom is -0.497 e. The Hall–Kier alpha value is -1.25. The lowest BCUT2D eigenvalue weighted by Crippen LogP contribution is -2.56. The van der Waals surface area contributed by atoms with Crippen LogP contribution in [-0.2, 0) is 11.2 Å². The molecule has 0 aliphatic heterocycles. The SMILES string of the molecule is COc1ccc(CC(=O)NC(NC(=S)Nc2ccccc2Br)C(Cl)(Cl)Cl)cc1. The van der Waals surface area contributed by atoms with Crippen LogP contribution >= 0.6 is 63.0 Å². The third kappa shape index (κ3) is 7.29. The second kappa shape index (κ2) is 10.5. The first-order valence-electron chi connectivity index (χ1n) is 8.00. The number of para-hydroxylation sites is 1. The number of hydrogen-bond acceptors (Lipinski definition) is 3. The van der Waals surface area contributed by atoms with E-state index in [1.807, 2.05) is 24.3 Å². The van der Waals surface area contributed by atoms with Crippen molar-refractivity contribution in [3.05, 3.63) is 58.6 Å². The minimum atomic E-state index is -1.82. The Labute approximate surface area is 192 Å². The van der Waals surface area contributed by atoms with Crippen LogP contribution in [0.25, 0.3) is 0 Å². The largest absolute Gasteiger partial charge is 0.497 e. The molecule has 0 aliphatic rings. The number of ether oxygens (including phenoxy) is 1. The normalized spacial score (nSPS) is 12.0. The van der Waals surface area contributed by atoms with Crippen molar-refractivity contribution in [1.82, 2.24) is 10.6 Å². The molecule has 5 nitrogen and oxygen atoms in total. The molecule has 1 atom stereocenters. The van der Waals surface area contributed by atoms with Crippen molar-refractivity contribution in [1.29, 1.82) is 0 Å². The van der Waals surface area contributed by atoms with Crippen LogP contribution < -0.4 is 20.7 Å². The van der Waals surface area contributed by atoms with E-state index in [2.05, 4.69) is 31.9 Å². The fraction of sp³-hybridized carbons (Fsp3) is 0.222. The number of benzene rings is 2. The molecule has 150 valence electrons. The highest BCUT2D eigenvalue weighted by Crippen LogP contribution is 2.29. The number of rotatable bonds is 6. The van der Waals surface area contributed by atoms with Gasteiger partial charge in [0.1, 0.15) is 11.9 Å². The van der Waals surface area contributed by atoms with Gasteiger partial charge >= 0.3 is 0 Å². The fourth-order valence-corrected chi connectivity index (χ4v) is 3.13. The maximum atomic E-state index is 12.4. The number of anilines is 1. The average molecular weight is 526 g/mol. The molecule has 28 heavy (non-hydrogen) atoms. The Kier molecular flexibility index (Phi) is 8.64. The third-order valence-corrected chi connectivity index (χ3v) is 5.12. The van der Waals surface area contributed by atoms with Gasteiger partial charge in [0.2, 0.25) is 9.70 Å². The van der Waals surface area contributed by atoms with Gasteiger partial charge in [0.25, 0.3) is 0 Å². The van der Waals surface area contributed by atoms with E-state index in [1.165, 1.54) is 0 Å². The topological polar surface area (TPSA) is 62.4 Å². The lowest BCUT2D eigenvalue weighted by molar-refractivity contribution is -0.121. The van der Waals surface area contributed by atoms with Crippen LogP contribution in [0.15, 0.2) is 53.0 Å². The molecule has 0 fully saturated rings. The molecule has 10 heteroatoms. The number of carbonyl (C=O) groups is 1. The number of hydrogen-bond donors (Lipinski definition) is 3. The van der Waals surface area contributed by atoms with Crippen LogP contribution in [0.2, 0.25) is 0 Å². The van der Waals surface area contributed by atoms with Crippen LogP contribution in [0.5, 0.6) is 5.75 Å². The standard InChI is InChI=1S/C18H17BrCl3N3O2S/c1-27-12-8-6-11(7-9-12)10-15(26)24-16(18(20,21)22)25-17(28)23-14-5-3-2-4-13(14)19/h2-9,16H,10H2,1H3,(H,24,26)(H2,23,25,28). The quantitative estimate of drug-likeness (QED) is 0.287.